The summed E-state index contributed by atoms with van der Waals surface area (Å²) in [5.41, 5.74) is 1.10. The summed E-state index contributed by atoms with van der Waals surface area (Å²) in [6, 6.07) is 0. The van der Waals surface area contributed by atoms with Crippen LogP contribution < -0.4 is 0 Å². The summed E-state index contributed by atoms with van der Waals surface area (Å²) >= 11 is 0. The molecule has 1 fully saturated rings. The lowest BCUT2D eigenvalue weighted by Gasteiger charge is -2.34. The van der Waals surface area contributed by atoms with Gasteiger partial charge < -0.3 is 19.3 Å². The molecular weight excluding hydrogens is 384 g/mol. The van der Waals surface area contributed by atoms with Crippen LogP contribution in [0.3, 0.4) is 0 Å². The molecule has 0 saturated carbocycles. The van der Waals surface area contributed by atoms with Crippen LogP contribution in [0.2, 0.25) is 0 Å². The molecule has 0 aromatic heterocycles. The summed E-state index contributed by atoms with van der Waals surface area (Å²) in [6.07, 6.45) is 6.23. The van der Waals surface area contributed by atoms with E-state index in [0.29, 0.717) is 12.8 Å². The average Bonchev–Trinajstić information content (AvgIpc) is 3.21. The second kappa shape index (κ2) is 9.65. The third-order valence-electron chi connectivity index (χ3n) is 6.24. The number of ether oxygens (including phenoxy) is 3. The molecular formula is C24H38O6. The number of hydrogen-bond acceptors (Lipinski definition) is 6. The zero-order chi connectivity index (χ0) is 22.7. The van der Waals surface area contributed by atoms with Crippen molar-refractivity contribution in [2.45, 2.75) is 110 Å². The van der Waals surface area contributed by atoms with Crippen molar-refractivity contribution >= 4 is 11.9 Å². The van der Waals surface area contributed by atoms with Gasteiger partial charge >= 0.3 is 11.9 Å². The number of esters is 2. The summed E-state index contributed by atoms with van der Waals surface area (Å²) < 4.78 is 17.1. The quantitative estimate of drug-likeness (QED) is 0.416. The zero-order valence-electron chi connectivity index (χ0n) is 19.5. The van der Waals surface area contributed by atoms with Crippen molar-refractivity contribution < 1.29 is 28.9 Å². The summed E-state index contributed by atoms with van der Waals surface area (Å²) in [5, 5.41) is 10.6. The Labute approximate surface area is 180 Å². The Bertz CT molecular complexity index is 706. The molecule has 1 aliphatic heterocycles. The highest BCUT2D eigenvalue weighted by molar-refractivity contribution is 5.66. The van der Waals surface area contributed by atoms with Crippen LogP contribution in [0, 0.1) is 5.92 Å². The number of carbonyl (C=O) groups excluding carboxylic acids is 2. The van der Waals surface area contributed by atoms with Crippen LogP contribution in [0.5, 0.6) is 0 Å². The summed E-state index contributed by atoms with van der Waals surface area (Å²) in [6.45, 7) is 12.7. The maximum Gasteiger partial charge on any atom is 0.303 e. The second-order valence-corrected chi connectivity index (χ2v) is 9.71. The predicted molar refractivity (Wildman–Crippen MR) is 115 cm³/mol. The molecule has 6 nitrogen and oxygen atoms in total. The van der Waals surface area contributed by atoms with E-state index in [0.717, 1.165) is 30.4 Å². The van der Waals surface area contributed by atoms with Gasteiger partial charge in [-0.2, -0.15) is 0 Å². The van der Waals surface area contributed by atoms with Crippen molar-refractivity contribution in [3.63, 3.8) is 0 Å². The Hall–Kier alpha value is -1.66. The van der Waals surface area contributed by atoms with Gasteiger partial charge in [0.1, 0.15) is 17.8 Å². The maximum absolute atomic E-state index is 11.7. The van der Waals surface area contributed by atoms with E-state index in [2.05, 4.69) is 6.08 Å². The first kappa shape index (κ1) is 24.6. The highest BCUT2D eigenvalue weighted by Crippen LogP contribution is 2.45. The number of allylic oxidation sites excluding steroid dienone is 2. The van der Waals surface area contributed by atoms with Crippen molar-refractivity contribution in [2.75, 3.05) is 0 Å². The molecule has 1 saturated heterocycles. The topological polar surface area (TPSA) is 85.4 Å². The van der Waals surface area contributed by atoms with Gasteiger partial charge in [-0.25, -0.2) is 0 Å². The number of aliphatic hydroxyl groups excluding tert-OH is 1. The molecule has 5 unspecified atom stereocenters. The average molecular weight is 423 g/mol. The van der Waals surface area contributed by atoms with Gasteiger partial charge in [0, 0.05) is 32.6 Å². The molecule has 0 radical (unpaired) electrons. The van der Waals surface area contributed by atoms with Crippen LogP contribution in [-0.2, 0) is 23.8 Å². The highest BCUT2D eigenvalue weighted by Gasteiger charge is 2.58. The van der Waals surface area contributed by atoms with Gasteiger partial charge in [0.15, 0.2) is 0 Å². The van der Waals surface area contributed by atoms with Gasteiger partial charge in [-0.05, 0) is 53.9 Å². The number of aliphatic hydroxyl groups is 1. The largest absolute Gasteiger partial charge is 0.460 e. The Morgan fingerprint density at radius 2 is 1.87 bits per heavy atom. The molecule has 0 aromatic carbocycles. The monoisotopic (exact) mass is 422 g/mol. The lowest BCUT2D eigenvalue weighted by atomic mass is 9.82. The van der Waals surface area contributed by atoms with Gasteiger partial charge in [-0.15, -0.1) is 0 Å². The second-order valence-electron chi connectivity index (χ2n) is 9.71. The Morgan fingerprint density at radius 1 is 1.20 bits per heavy atom. The van der Waals surface area contributed by atoms with Crippen LogP contribution in [0.25, 0.3) is 0 Å². The van der Waals surface area contributed by atoms with Gasteiger partial charge in [0.25, 0.3) is 0 Å². The third-order valence-corrected chi connectivity index (χ3v) is 6.24. The van der Waals surface area contributed by atoms with Crippen molar-refractivity contribution in [2.24, 2.45) is 5.92 Å². The summed E-state index contributed by atoms with van der Waals surface area (Å²) in [5.74, 6) is -0.505. The van der Waals surface area contributed by atoms with Crippen molar-refractivity contribution in [3.8, 4) is 0 Å². The molecule has 0 amide bonds. The molecule has 1 aliphatic carbocycles. The predicted octanol–water partition coefficient (Wildman–Crippen LogP) is 4.25. The lowest BCUT2D eigenvalue weighted by Crippen LogP contribution is -2.36. The van der Waals surface area contributed by atoms with Crippen molar-refractivity contribution in [1.82, 2.24) is 0 Å². The molecule has 0 bridgehead atoms. The van der Waals surface area contributed by atoms with E-state index in [1.54, 1.807) is 0 Å². The molecule has 2 rings (SSSR count). The standard InChI is InChI=1S/C24H38O6/c1-15-8-10-19(23(5,6)29-18(4)26)11-9-16(2)13-21(28-17(3)25)22-24(7,30-22)14-20(27)12-15/h9,12,19-22,27H,8,10-11,13-14H2,1-7H3. The fourth-order valence-corrected chi connectivity index (χ4v) is 4.55. The normalized spacial score (nSPS) is 33.3. The van der Waals surface area contributed by atoms with E-state index in [4.69, 9.17) is 14.2 Å². The van der Waals surface area contributed by atoms with Gasteiger partial charge in [0.05, 0.1) is 11.7 Å². The smallest absolute Gasteiger partial charge is 0.303 e. The van der Waals surface area contributed by atoms with Gasteiger partial charge in [-0.1, -0.05) is 23.3 Å². The first-order valence-corrected chi connectivity index (χ1v) is 10.9. The minimum Gasteiger partial charge on any atom is -0.460 e. The van der Waals surface area contributed by atoms with Crippen LogP contribution in [0.4, 0.5) is 0 Å². The zero-order valence-corrected chi connectivity index (χ0v) is 19.5. The molecule has 0 aromatic rings. The molecule has 1 heterocycles. The lowest BCUT2D eigenvalue weighted by molar-refractivity contribution is -0.159. The SMILES string of the molecule is CC(=O)OC1CC(C)=CCC(C(C)(C)OC(C)=O)CCC(C)=CC(O)CC2(C)OC12. The molecule has 170 valence electrons. The van der Waals surface area contributed by atoms with E-state index in [1.165, 1.54) is 13.8 Å². The molecule has 6 heteroatoms. The van der Waals surface area contributed by atoms with E-state index < -0.39 is 17.3 Å². The Kier molecular flexibility index (Phi) is 7.91. The van der Waals surface area contributed by atoms with Crippen molar-refractivity contribution in [3.05, 3.63) is 23.3 Å². The molecule has 0 spiro atoms. The van der Waals surface area contributed by atoms with Gasteiger partial charge in [0.2, 0.25) is 0 Å². The van der Waals surface area contributed by atoms with Crippen molar-refractivity contribution in [1.29, 1.82) is 0 Å². The van der Waals surface area contributed by atoms with Gasteiger partial charge in [-0.3, -0.25) is 9.59 Å². The molecule has 30 heavy (non-hydrogen) atoms. The number of carbonyl (C=O) groups is 2. The summed E-state index contributed by atoms with van der Waals surface area (Å²) in [4.78, 5) is 23.3. The van der Waals surface area contributed by atoms with Crippen LogP contribution in [0.15, 0.2) is 23.3 Å². The Balaban J connectivity index is 2.29. The fraction of sp³-hybridized carbons (Fsp3) is 0.750. The highest BCUT2D eigenvalue weighted by atomic mass is 16.6. The molecule has 2 aliphatic rings. The van der Waals surface area contributed by atoms with E-state index in [9.17, 15) is 14.7 Å². The van der Waals surface area contributed by atoms with E-state index in [-0.39, 0.29) is 30.1 Å². The molecule has 5 atom stereocenters. The minimum atomic E-state index is -0.627. The first-order chi connectivity index (χ1) is 13.8. The van der Waals surface area contributed by atoms with E-state index in [1.807, 2.05) is 40.7 Å². The minimum absolute atomic E-state index is 0.120. The third kappa shape index (κ3) is 6.95. The molecule has 1 N–H and O–H groups in total. The first-order valence-electron chi connectivity index (χ1n) is 10.9. The number of rotatable bonds is 3. The fourth-order valence-electron chi connectivity index (χ4n) is 4.55. The maximum atomic E-state index is 11.7. The number of epoxide rings is 1. The summed E-state index contributed by atoms with van der Waals surface area (Å²) in [7, 11) is 0. The van der Waals surface area contributed by atoms with Crippen LogP contribution in [0.1, 0.15) is 80.6 Å². The Morgan fingerprint density at radius 3 is 2.47 bits per heavy atom. The van der Waals surface area contributed by atoms with Crippen LogP contribution in [-0.4, -0.2) is 46.6 Å². The number of hydrogen-bond donors (Lipinski definition) is 1. The van der Waals surface area contributed by atoms with Crippen LogP contribution >= 0.6 is 0 Å². The number of fused-ring (bicyclic) bond motifs is 1. The van der Waals surface area contributed by atoms with E-state index >= 15 is 0 Å².